The molecule has 2 aromatic carbocycles. The van der Waals surface area contributed by atoms with Crippen LogP contribution in [-0.2, 0) is 33.3 Å². The first-order chi connectivity index (χ1) is 15.2. The van der Waals surface area contributed by atoms with Crippen LogP contribution in [0.5, 0.6) is 0 Å². The number of amides is 1. The quantitative estimate of drug-likeness (QED) is 0.477. The van der Waals surface area contributed by atoms with Crippen LogP contribution >= 0.6 is 11.6 Å². The van der Waals surface area contributed by atoms with Crippen molar-refractivity contribution in [3.8, 4) is 0 Å². The first-order valence-corrected chi connectivity index (χ1v) is 12.8. The maximum Gasteiger partial charge on any atom is 0.259 e. The van der Waals surface area contributed by atoms with Gasteiger partial charge in [-0.3, -0.25) is 9.79 Å². The van der Waals surface area contributed by atoms with Crippen molar-refractivity contribution in [2.45, 2.75) is 76.8 Å². The molecule has 0 saturated heterocycles. The van der Waals surface area contributed by atoms with Gasteiger partial charge < -0.3 is 5.11 Å². The zero-order chi connectivity index (χ0) is 25.1. The van der Waals surface area contributed by atoms with Gasteiger partial charge in [-0.05, 0) is 72.4 Å². The van der Waals surface area contributed by atoms with Crippen molar-refractivity contribution in [2.75, 3.05) is 0 Å². The van der Waals surface area contributed by atoms with E-state index in [-0.39, 0.29) is 28.2 Å². The molecule has 6 nitrogen and oxygen atoms in total. The molecule has 0 aliphatic heterocycles. The van der Waals surface area contributed by atoms with Gasteiger partial charge in [0.05, 0.1) is 28.5 Å². The molecule has 0 radical (unpaired) electrons. The lowest BCUT2D eigenvalue weighted by atomic mass is 9.85. The van der Waals surface area contributed by atoms with E-state index >= 15 is 0 Å². The Hall–Kier alpha value is -2.06. The van der Waals surface area contributed by atoms with Gasteiger partial charge in [-0.25, -0.2) is 9.35 Å². The minimum absolute atomic E-state index is 0.0175. The molecule has 0 aromatic heterocycles. The summed E-state index contributed by atoms with van der Waals surface area (Å²) in [5.74, 6) is -0.245. The van der Waals surface area contributed by atoms with Crippen LogP contribution in [0.2, 0.25) is 5.02 Å². The van der Waals surface area contributed by atoms with E-state index in [0.29, 0.717) is 12.1 Å². The Labute approximate surface area is 202 Å². The van der Waals surface area contributed by atoms with Crippen LogP contribution in [-0.4, -0.2) is 21.9 Å². The number of aliphatic hydroxyl groups is 1. The Morgan fingerprint density at radius 3 is 2.12 bits per heavy atom. The Balaban J connectivity index is 2.51. The Bertz CT molecular complexity index is 1140. The lowest BCUT2D eigenvalue weighted by Gasteiger charge is -2.21. The molecule has 0 spiro atoms. The van der Waals surface area contributed by atoms with Crippen molar-refractivity contribution in [1.29, 1.82) is 0 Å². The maximum atomic E-state index is 13.2. The number of hydrogen-bond acceptors (Lipinski definition) is 4. The highest BCUT2D eigenvalue weighted by Crippen LogP contribution is 2.32. The van der Waals surface area contributed by atoms with Gasteiger partial charge in [0.25, 0.3) is 5.91 Å². The zero-order valence-electron chi connectivity index (χ0n) is 20.2. The molecule has 1 unspecified atom stereocenters. The average Bonchev–Trinajstić information content (AvgIpc) is 2.67. The molecule has 0 bridgehead atoms. The zero-order valence-corrected chi connectivity index (χ0v) is 21.8. The van der Waals surface area contributed by atoms with Crippen LogP contribution in [0.3, 0.4) is 0 Å². The van der Waals surface area contributed by atoms with E-state index in [1.807, 2.05) is 12.1 Å². The SMILES string of the molecule is C=NCc1cc(C(C)C)c(CC(=O)N=S(N)(=O)c2ccc(C(C)(C)O)cc2Cl)c(C(C)C)c1. The molecule has 1 amide bonds. The monoisotopic (exact) mass is 491 g/mol. The van der Waals surface area contributed by atoms with Gasteiger partial charge in [0.15, 0.2) is 0 Å². The summed E-state index contributed by atoms with van der Waals surface area (Å²) in [6.45, 7) is 15.5. The fraction of sp³-hybridized carbons (Fsp3) is 0.440. The number of nitrogens with zero attached hydrogens (tertiary/aromatic N) is 2. The van der Waals surface area contributed by atoms with Crippen molar-refractivity contribution in [1.82, 2.24) is 0 Å². The smallest absolute Gasteiger partial charge is 0.259 e. The standard InChI is InChI=1S/C25H34ClN3O3S/c1-15(2)19-10-17(14-28-7)11-20(16(3)4)21(19)13-24(30)29-33(27,32)23-9-8-18(12-22(23)26)25(5,6)31/h8-12,15-16,31H,7,13-14H2,1-6H3,(H2,27,29,30,32). The highest BCUT2D eigenvalue weighted by atomic mass is 35.5. The van der Waals surface area contributed by atoms with Crippen molar-refractivity contribution in [2.24, 2.45) is 14.5 Å². The maximum absolute atomic E-state index is 13.2. The third kappa shape index (κ3) is 6.73. The average molecular weight is 492 g/mol. The molecule has 180 valence electrons. The number of hydrogen-bond donors (Lipinski definition) is 2. The van der Waals surface area contributed by atoms with E-state index in [4.69, 9.17) is 16.7 Å². The summed E-state index contributed by atoms with van der Waals surface area (Å²) < 4.78 is 17.0. The molecule has 2 aromatic rings. The lowest BCUT2D eigenvalue weighted by molar-refractivity contribution is -0.117. The number of benzene rings is 2. The van der Waals surface area contributed by atoms with Crippen LogP contribution in [0, 0.1) is 0 Å². The van der Waals surface area contributed by atoms with Crippen molar-refractivity contribution in [3.05, 3.63) is 63.2 Å². The number of aliphatic imine (C=N–C) groups is 1. The second-order valence-corrected chi connectivity index (χ2v) is 11.5. The summed E-state index contributed by atoms with van der Waals surface area (Å²) in [6, 6.07) is 8.60. The van der Waals surface area contributed by atoms with E-state index in [0.717, 1.165) is 22.3 Å². The summed E-state index contributed by atoms with van der Waals surface area (Å²) in [5.41, 5.74) is 3.37. The molecule has 0 aliphatic carbocycles. The molecule has 3 N–H and O–H groups in total. The molecular weight excluding hydrogens is 458 g/mol. The van der Waals surface area contributed by atoms with E-state index in [9.17, 15) is 14.1 Å². The van der Waals surface area contributed by atoms with Gasteiger partial charge in [0.1, 0.15) is 9.92 Å². The number of nitrogens with two attached hydrogens (primary N) is 1. The van der Waals surface area contributed by atoms with Crippen LogP contribution < -0.4 is 5.14 Å². The summed E-state index contributed by atoms with van der Waals surface area (Å²) in [4.78, 5) is 17.0. The lowest BCUT2D eigenvalue weighted by Crippen LogP contribution is -2.19. The van der Waals surface area contributed by atoms with E-state index in [1.54, 1.807) is 19.9 Å². The van der Waals surface area contributed by atoms with Crippen LogP contribution in [0.4, 0.5) is 0 Å². The van der Waals surface area contributed by atoms with Crippen LogP contribution in [0.15, 0.2) is 44.6 Å². The molecule has 1 atom stereocenters. The Morgan fingerprint density at radius 2 is 1.70 bits per heavy atom. The molecule has 2 rings (SSSR count). The third-order valence-electron chi connectivity index (χ3n) is 5.44. The van der Waals surface area contributed by atoms with Crippen molar-refractivity contribution in [3.63, 3.8) is 0 Å². The molecule has 0 fully saturated rings. The van der Waals surface area contributed by atoms with Crippen LogP contribution in [0.1, 0.15) is 81.2 Å². The molecular formula is C25H34ClN3O3S. The van der Waals surface area contributed by atoms with E-state index in [1.165, 1.54) is 12.1 Å². The fourth-order valence-electron chi connectivity index (χ4n) is 3.74. The fourth-order valence-corrected chi connectivity index (χ4v) is 5.32. The largest absolute Gasteiger partial charge is 0.386 e. The van der Waals surface area contributed by atoms with Crippen LogP contribution in [0.25, 0.3) is 0 Å². The normalized spacial score (nSPS) is 13.8. The number of halogens is 1. The van der Waals surface area contributed by atoms with E-state index in [2.05, 4.69) is 43.8 Å². The first kappa shape index (κ1) is 27.2. The minimum Gasteiger partial charge on any atom is -0.386 e. The predicted octanol–water partition coefficient (Wildman–Crippen LogP) is 5.48. The van der Waals surface area contributed by atoms with Crippen molar-refractivity contribution < 1.29 is 14.1 Å². The Kier molecular flexibility index (Phi) is 8.63. The topological polar surface area (TPSA) is 105 Å². The number of carbonyl (C=O) groups is 1. The van der Waals surface area contributed by atoms with Gasteiger partial charge in [-0.1, -0.05) is 57.5 Å². The first-order valence-electron chi connectivity index (χ1n) is 10.9. The highest BCUT2D eigenvalue weighted by Gasteiger charge is 2.22. The molecule has 0 aliphatic rings. The number of rotatable bonds is 8. The third-order valence-corrected chi connectivity index (χ3v) is 7.32. The summed E-state index contributed by atoms with van der Waals surface area (Å²) in [6.07, 6.45) is -0.0175. The number of carbonyl (C=O) groups excluding carboxylic acids is 1. The molecule has 0 saturated carbocycles. The van der Waals surface area contributed by atoms with Crippen molar-refractivity contribution >= 4 is 34.1 Å². The summed E-state index contributed by atoms with van der Waals surface area (Å²) >= 11 is 6.29. The van der Waals surface area contributed by atoms with E-state index < -0.39 is 21.4 Å². The van der Waals surface area contributed by atoms with Gasteiger partial charge in [0.2, 0.25) is 0 Å². The molecule has 8 heteroatoms. The van der Waals surface area contributed by atoms with Gasteiger partial charge in [0, 0.05) is 0 Å². The predicted molar refractivity (Wildman–Crippen MR) is 136 cm³/mol. The second kappa shape index (κ2) is 10.5. The second-order valence-electron chi connectivity index (χ2n) is 9.38. The summed E-state index contributed by atoms with van der Waals surface area (Å²) in [5, 5.41) is 16.2. The molecule has 33 heavy (non-hydrogen) atoms. The molecule has 0 heterocycles. The highest BCUT2D eigenvalue weighted by molar-refractivity contribution is 7.91. The van der Waals surface area contributed by atoms with Gasteiger partial charge in [-0.15, -0.1) is 4.36 Å². The Morgan fingerprint density at radius 1 is 1.15 bits per heavy atom. The van der Waals surface area contributed by atoms with Gasteiger partial charge >= 0.3 is 0 Å². The summed E-state index contributed by atoms with van der Waals surface area (Å²) in [7, 11) is -3.57. The van der Waals surface area contributed by atoms with Gasteiger partial charge in [-0.2, -0.15) is 0 Å². The minimum atomic E-state index is -3.57.